The number of fused-ring (bicyclic) bond motifs is 1. The van der Waals surface area contributed by atoms with E-state index in [2.05, 4.69) is 10.6 Å². The highest BCUT2D eigenvalue weighted by Crippen LogP contribution is 2.38. The molecule has 28 heavy (non-hydrogen) atoms. The number of hydrogen-bond acceptors (Lipinski definition) is 5. The van der Waals surface area contributed by atoms with Crippen molar-refractivity contribution in [3.8, 4) is 0 Å². The molecule has 0 saturated carbocycles. The van der Waals surface area contributed by atoms with Gasteiger partial charge in [0.15, 0.2) is 0 Å². The van der Waals surface area contributed by atoms with E-state index in [0.29, 0.717) is 16.3 Å². The van der Waals surface area contributed by atoms with E-state index in [-0.39, 0.29) is 12.5 Å². The maximum absolute atomic E-state index is 13.0. The van der Waals surface area contributed by atoms with E-state index in [1.807, 2.05) is 31.2 Å². The molecule has 0 radical (unpaired) electrons. The smallest absolute Gasteiger partial charge is 0.329 e. The molecule has 1 heterocycles. The maximum atomic E-state index is 13.0. The van der Waals surface area contributed by atoms with Gasteiger partial charge in [-0.25, -0.2) is 4.79 Å². The molecule has 0 aliphatic heterocycles. The molecule has 0 fully saturated rings. The Morgan fingerprint density at radius 3 is 2.50 bits per heavy atom. The summed E-state index contributed by atoms with van der Waals surface area (Å²) in [7, 11) is 0. The molecule has 7 nitrogen and oxygen atoms in total. The molecule has 0 atom stereocenters. The first-order chi connectivity index (χ1) is 13.4. The fourth-order valence-corrected chi connectivity index (χ4v) is 4.42. The molecule has 1 aromatic heterocycles. The Morgan fingerprint density at radius 2 is 1.79 bits per heavy atom. The van der Waals surface area contributed by atoms with Crippen molar-refractivity contribution in [2.45, 2.75) is 32.6 Å². The number of carbonyl (C=O) groups is 3. The van der Waals surface area contributed by atoms with Gasteiger partial charge in [-0.2, -0.15) is 0 Å². The highest BCUT2D eigenvalue weighted by Gasteiger charge is 2.26. The molecule has 1 aromatic carbocycles. The third-order valence-electron chi connectivity index (χ3n) is 4.42. The zero-order chi connectivity index (χ0) is 20.1. The van der Waals surface area contributed by atoms with Gasteiger partial charge in [-0.05, 0) is 50.3 Å². The van der Waals surface area contributed by atoms with Crippen LogP contribution in [-0.4, -0.2) is 36.1 Å². The average molecular weight is 402 g/mol. The molecule has 2 amide bonds. The van der Waals surface area contributed by atoms with Crippen molar-refractivity contribution in [3.63, 3.8) is 0 Å². The molecule has 148 valence electrons. The van der Waals surface area contributed by atoms with Crippen molar-refractivity contribution in [2.75, 3.05) is 23.8 Å². The number of carboxylic acids is 1. The van der Waals surface area contributed by atoms with Crippen molar-refractivity contribution in [2.24, 2.45) is 0 Å². The van der Waals surface area contributed by atoms with Gasteiger partial charge < -0.3 is 20.5 Å². The number of aliphatic carboxylic acids is 1. The van der Waals surface area contributed by atoms with Crippen LogP contribution in [0.5, 0.6) is 0 Å². The number of nitrogens with one attached hydrogen (secondary N) is 2. The number of carboxylic acid groups (broad SMARTS) is 1. The SMILES string of the molecule is Cc1ccc(NC(=O)c2c(NC(=O)COCC(=O)O)sc3c2CCCC3)cc1. The predicted molar refractivity (Wildman–Crippen MR) is 107 cm³/mol. The number of amides is 2. The fraction of sp³-hybridized carbons (Fsp3) is 0.350. The first-order valence-corrected chi connectivity index (χ1v) is 9.87. The highest BCUT2D eigenvalue weighted by molar-refractivity contribution is 7.17. The highest BCUT2D eigenvalue weighted by atomic mass is 32.1. The van der Waals surface area contributed by atoms with Gasteiger partial charge in [0.1, 0.15) is 18.2 Å². The third-order valence-corrected chi connectivity index (χ3v) is 5.63. The van der Waals surface area contributed by atoms with E-state index in [1.165, 1.54) is 11.3 Å². The van der Waals surface area contributed by atoms with Crippen LogP contribution in [0.2, 0.25) is 0 Å². The van der Waals surface area contributed by atoms with Crippen LogP contribution >= 0.6 is 11.3 Å². The van der Waals surface area contributed by atoms with Crippen molar-refractivity contribution >= 4 is 39.8 Å². The molecule has 1 aliphatic carbocycles. The number of carbonyl (C=O) groups excluding carboxylic acids is 2. The third kappa shape index (κ3) is 4.96. The summed E-state index contributed by atoms with van der Waals surface area (Å²) in [5.41, 5.74) is 3.27. The molecule has 0 bridgehead atoms. The second kappa shape index (κ2) is 8.99. The molecular weight excluding hydrogens is 380 g/mol. The van der Waals surface area contributed by atoms with Crippen molar-refractivity contribution in [3.05, 3.63) is 45.8 Å². The Labute approximate surface area is 166 Å². The van der Waals surface area contributed by atoms with Crippen LogP contribution < -0.4 is 10.6 Å². The molecule has 3 rings (SSSR count). The van der Waals surface area contributed by atoms with Crippen LogP contribution in [0.4, 0.5) is 10.7 Å². The minimum atomic E-state index is -1.14. The summed E-state index contributed by atoms with van der Waals surface area (Å²) in [6, 6.07) is 7.51. The minimum Gasteiger partial charge on any atom is -0.480 e. The Hall–Kier alpha value is -2.71. The van der Waals surface area contributed by atoms with Crippen LogP contribution in [0.3, 0.4) is 0 Å². The van der Waals surface area contributed by atoms with Crippen LogP contribution in [0.1, 0.15) is 39.2 Å². The van der Waals surface area contributed by atoms with Crippen LogP contribution in [0.25, 0.3) is 0 Å². The van der Waals surface area contributed by atoms with Crippen LogP contribution in [0, 0.1) is 6.92 Å². The van der Waals surface area contributed by atoms with Gasteiger partial charge in [-0.1, -0.05) is 17.7 Å². The van der Waals surface area contributed by atoms with E-state index in [0.717, 1.165) is 41.7 Å². The van der Waals surface area contributed by atoms with E-state index in [4.69, 9.17) is 9.84 Å². The molecule has 8 heteroatoms. The Morgan fingerprint density at radius 1 is 1.07 bits per heavy atom. The van der Waals surface area contributed by atoms with Gasteiger partial charge >= 0.3 is 5.97 Å². The lowest BCUT2D eigenvalue weighted by molar-refractivity contribution is -0.143. The monoisotopic (exact) mass is 402 g/mol. The molecule has 0 unspecified atom stereocenters. The van der Waals surface area contributed by atoms with E-state index in [1.54, 1.807) is 0 Å². The van der Waals surface area contributed by atoms with Crippen molar-refractivity contribution in [1.82, 2.24) is 0 Å². The lowest BCUT2D eigenvalue weighted by atomic mass is 9.95. The zero-order valence-corrected chi connectivity index (χ0v) is 16.4. The summed E-state index contributed by atoms with van der Waals surface area (Å²) in [5, 5.41) is 14.7. The second-order valence-corrected chi connectivity index (χ2v) is 7.78. The van der Waals surface area contributed by atoms with Crippen LogP contribution in [-0.2, 0) is 27.2 Å². The van der Waals surface area contributed by atoms with Crippen LogP contribution in [0.15, 0.2) is 24.3 Å². The molecule has 0 spiro atoms. The average Bonchev–Trinajstić information content (AvgIpc) is 3.01. The summed E-state index contributed by atoms with van der Waals surface area (Å²) in [6.07, 6.45) is 3.75. The molecule has 2 aromatic rings. The normalized spacial score (nSPS) is 12.9. The number of rotatable bonds is 7. The summed E-state index contributed by atoms with van der Waals surface area (Å²) in [4.78, 5) is 36.7. The molecular formula is C20H22N2O5S. The lowest BCUT2D eigenvalue weighted by Crippen LogP contribution is -2.22. The fourth-order valence-electron chi connectivity index (χ4n) is 3.12. The number of anilines is 2. The lowest BCUT2D eigenvalue weighted by Gasteiger charge is -2.13. The largest absolute Gasteiger partial charge is 0.480 e. The summed E-state index contributed by atoms with van der Waals surface area (Å²) < 4.78 is 4.83. The standard InChI is InChI=1S/C20H22N2O5S/c1-12-6-8-13(9-7-12)21-19(26)18-14-4-2-3-5-15(14)28-20(18)22-16(23)10-27-11-17(24)25/h6-9H,2-5,10-11H2,1H3,(H,21,26)(H,22,23)(H,24,25). The zero-order valence-electron chi connectivity index (χ0n) is 15.5. The Bertz CT molecular complexity index is 889. The molecule has 3 N–H and O–H groups in total. The van der Waals surface area contributed by atoms with Crippen molar-refractivity contribution < 1.29 is 24.2 Å². The van der Waals surface area contributed by atoms with E-state index in [9.17, 15) is 14.4 Å². The first-order valence-electron chi connectivity index (χ1n) is 9.06. The van der Waals surface area contributed by atoms with E-state index >= 15 is 0 Å². The number of ether oxygens (including phenoxy) is 1. The summed E-state index contributed by atoms with van der Waals surface area (Å²) in [5.74, 6) is -1.88. The summed E-state index contributed by atoms with van der Waals surface area (Å²) in [6.45, 7) is 1.05. The Balaban J connectivity index is 1.79. The number of hydrogen-bond donors (Lipinski definition) is 3. The van der Waals surface area contributed by atoms with Gasteiger partial charge in [0.05, 0.1) is 5.56 Å². The quantitative estimate of drug-likeness (QED) is 0.660. The van der Waals surface area contributed by atoms with Gasteiger partial charge in [-0.3, -0.25) is 9.59 Å². The topological polar surface area (TPSA) is 105 Å². The number of benzene rings is 1. The second-order valence-electron chi connectivity index (χ2n) is 6.67. The molecule has 1 aliphatic rings. The van der Waals surface area contributed by atoms with Gasteiger partial charge in [0, 0.05) is 10.6 Å². The number of thiophene rings is 1. The van der Waals surface area contributed by atoms with E-state index < -0.39 is 18.5 Å². The van der Waals surface area contributed by atoms with Gasteiger partial charge in [0.2, 0.25) is 0 Å². The first kappa shape index (κ1) is 20.0. The Kier molecular flexibility index (Phi) is 6.43. The number of aryl methyl sites for hydroxylation is 2. The maximum Gasteiger partial charge on any atom is 0.329 e. The van der Waals surface area contributed by atoms with Crippen molar-refractivity contribution in [1.29, 1.82) is 0 Å². The van der Waals surface area contributed by atoms with Gasteiger partial charge in [-0.15, -0.1) is 11.3 Å². The van der Waals surface area contributed by atoms with Gasteiger partial charge in [0.25, 0.3) is 11.8 Å². The molecule has 0 saturated heterocycles. The predicted octanol–water partition coefficient (Wildman–Crippen LogP) is 3.23. The minimum absolute atomic E-state index is 0.259. The summed E-state index contributed by atoms with van der Waals surface area (Å²) >= 11 is 1.41.